The summed E-state index contributed by atoms with van der Waals surface area (Å²) in [6.07, 6.45) is 0.916. The van der Waals surface area contributed by atoms with E-state index in [1.54, 1.807) is 12.1 Å². The number of aryl methyl sites for hydroxylation is 1. The Morgan fingerprint density at radius 1 is 1.33 bits per heavy atom. The zero-order valence-electron chi connectivity index (χ0n) is 12.6. The maximum absolute atomic E-state index is 12.0. The Labute approximate surface area is 141 Å². The Hall–Kier alpha value is -2.37. The van der Waals surface area contributed by atoms with Gasteiger partial charge in [-0.2, -0.15) is 0 Å². The zero-order valence-corrected chi connectivity index (χ0v) is 14.2. The van der Waals surface area contributed by atoms with E-state index in [1.807, 2.05) is 6.92 Å². The van der Waals surface area contributed by atoms with Crippen LogP contribution in [0.3, 0.4) is 0 Å². The number of amides is 1. The fourth-order valence-electron chi connectivity index (χ4n) is 1.69. The Kier molecular flexibility index (Phi) is 5.59. The Morgan fingerprint density at radius 3 is 2.58 bits per heavy atom. The summed E-state index contributed by atoms with van der Waals surface area (Å²) in [6.45, 7) is 1.74. The predicted octanol–water partition coefficient (Wildman–Crippen LogP) is 1.67. The summed E-state index contributed by atoms with van der Waals surface area (Å²) in [6, 6.07) is 6.31. The Morgan fingerprint density at radius 2 is 2.00 bits per heavy atom. The third-order valence-electron chi connectivity index (χ3n) is 2.90. The molecule has 0 bridgehead atoms. The predicted molar refractivity (Wildman–Crippen MR) is 88.4 cm³/mol. The van der Waals surface area contributed by atoms with Crippen molar-refractivity contribution in [2.75, 3.05) is 11.9 Å². The van der Waals surface area contributed by atoms with Gasteiger partial charge in [0.1, 0.15) is 6.20 Å². The minimum atomic E-state index is -3.69. The summed E-state index contributed by atoms with van der Waals surface area (Å²) in [4.78, 5) is 25.4. The third kappa shape index (κ3) is 4.81. The molecule has 1 aromatic carbocycles. The minimum Gasteiger partial charge on any atom is -0.302 e. The van der Waals surface area contributed by atoms with Crippen LogP contribution in [0.4, 0.5) is 10.1 Å². The van der Waals surface area contributed by atoms with Crippen LogP contribution in [0.2, 0.25) is 0 Å². The standard InChI is InChI=1S/C13H14N4O5S2/c1-9-2-4-10(5-3-9)24(21,22)15-7-6-11(18)16-13-14-8-12(23-13)17(19)20/h2-5,8,15H,6-7H2,1H3,(H,14,16,18). The number of sulfonamides is 1. The van der Waals surface area contributed by atoms with Crippen LogP contribution in [-0.4, -0.2) is 30.8 Å². The van der Waals surface area contributed by atoms with Gasteiger partial charge in [-0.15, -0.1) is 0 Å². The number of anilines is 1. The number of rotatable bonds is 7. The van der Waals surface area contributed by atoms with Gasteiger partial charge in [0.05, 0.1) is 9.82 Å². The highest BCUT2D eigenvalue weighted by atomic mass is 32.2. The Balaban J connectivity index is 1.85. The van der Waals surface area contributed by atoms with E-state index >= 15 is 0 Å². The summed E-state index contributed by atoms with van der Waals surface area (Å²) >= 11 is 0.726. The normalized spacial score (nSPS) is 11.2. The molecule has 128 valence electrons. The molecule has 0 radical (unpaired) electrons. The smallest absolute Gasteiger partial charge is 0.302 e. The van der Waals surface area contributed by atoms with Gasteiger partial charge in [0.25, 0.3) is 0 Å². The summed E-state index contributed by atoms with van der Waals surface area (Å²) in [7, 11) is -3.69. The number of hydrogen-bond donors (Lipinski definition) is 2. The molecule has 2 N–H and O–H groups in total. The number of nitrogens with zero attached hydrogens (tertiary/aromatic N) is 2. The number of nitro groups is 1. The average Bonchev–Trinajstić information content (AvgIpc) is 2.96. The summed E-state index contributed by atoms with van der Waals surface area (Å²) in [5, 5.41) is 12.8. The molecule has 24 heavy (non-hydrogen) atoms. The van der Waals surface area contributed by atoms with Crippen LogP contribution in [-0.2, 0) is 14.8 Å². The molecule has 1 amide bonds. The van der Waals surface area contributed by atoms with E-state index in [1.165, 1.54) is 12.1 Å². The lowest BCUT2D eigenvalue weighted by Crippen LogP contribution is -2.27. The van der Waals surface area contributed by atoms with Crippen molar-refractivity contribution in [1.82, 2.24) is 9.71 Å². The van der Waals surface area contributed by atoms with Gasteiger partial charge in [0.2, 0.25) is 15.9 Å². The molecule has 0 fully saturated rings. The highest BCUT2D eigenvalue weighted by molar-refractivity contribution is 7.89. The minimum absolute atomic E-state index is 0.0908. The first-order chi connectivity index (χ1) is 11.3. The number of hydrogen-bond acceptors (Lipinski definition) is 7. The van der Waals surface area contributed by atoms with Gasteiger partial charge in [-0.05, 0) is 30.4 Å². The molecule has 0 aliphatic carbocycles. The number of benzene rings is 1. The van der Waals surface area contributed by atoms with E-state index in [-0.39, 0.29) is 28.0 Å². The van der Waals surface area contributed by atoms with Crippen molar-refractivity contribution in [2.45, 2.75) is 18.2 Å². The van der Waals surface area contributed by atoms with Crippen LogP contribution < -0.4 is 10.0 Å². The number of carbonyl (C=O) groups is 1. The molecule has 2 aromatic rings. The third-order valence-corrected chi connectivity index (χ3v) is 5.24. The van der Waals surface area contributed by atoms with E-state index in [4.69, 9.17) is 0 Å². The largest absolute Gasteiger partial charge is 0.345 e. The average molecular weight is 370 g/mol. The highest BCUT2D eigenvalue weighted by Crippen LogP contribution is 2.24. The molecule has 2 rings (SSSR count). The van der Waals surface area contributed by atoms with Crippen LogP contribution in [0.5, 0.6) is 0 Å². The zero-order chi connectivity index (χ0) is 17.7. The number of thiazole rings is 1. The van der Waals surface area contributed by atoms with Crippen molar-refractivity contribution in [2.24, 2.45) is 0 Å². The molecule has 9 nitrogen and oxygen atoms in total. The van der Waals surface area contributed by atoms with Gasteiger partial charge >= 0.3 is 5.00 Å². The van der Waals surface area contributed by atoms with Gasteiger partial charge < -0.3 is 5.32 Å². The van der Waals surface area contributed by atoms with Crippen molar-refractivity contribution >= 4 is 37.4 Å². The van der Waals surface area contributed by atoms with E-state index < -0.39 is 20.9 Å². The molecule has 11 heteroatoms. The molecule has 1 aromatic heterocycles. The van der Waals surface area contributed by atoms with E-state index in [0.717, 1.165) is 23.1 Å². The monoisotopic (exact) mass is 370 g/mol. The van der Waals surface area contributed by atoms with Crippen LogP contribution >= 0.6 is 11.3 Å². The van der Waals surface area contributed by atoms with Crippen molar-refractivity contribution in [3.05, 3.63) is 46.1 Å². The lowest BCUT2D eigenvalue weighted by molar-refractivity contribution is -0.380. The molecular formula is C13H14N4O5S2. The fraction of sp³-hybridized carbons (Fsp3) is 0.231. The molecule has 0 unspecified atom stereocenters. The molecule has 0 spiro atoms. The number of carbonyl (C=O) groups excluding carboxylic acids is 1. The van der Waals surface area contributed by atoms with Crippen LogP contribution in [0.15, 0.2) is 35.4 Å². The fourth-order valence-corrected chi connectivity index (χ4v) is 3.37. The molecule has 0 atom stereocenters. The number of aromatic nitrogens is 1. The summed E-state index contributed by atoms with van der Waals surface area (Å²) < 4.78 is 26.4. The van der Waals surface area contributed by atoms with Gasteiger partial charge in [-0.25, -0.2) is 18.1 Å². The molecule has 1 heterocycles. The van der Waals surface area contributed by atoms with Crippen LogP contribution in [0.1, 0.15) is 12.0 Å². The second-order valence-corrected chi connectivity index (χ2v) is 7.55. The van der Waals surface area contributed by atoms with E-state index in [0.29, 0.717) is 0 Å². The van der Waals surface area contributed by atoms with E-state index in [9.17, 15) is 23.3 Å². The van der Waals surface area contributed by atoms with Crippen molar-refractivity contribution in [3.8, 4) is 0 Å². The maximum Gasteiger partial charge on any atom is 0.345 e. The molecule has 0 saturated heterocycles. The second-order valence-electron chi connectivity index (χ2n) is 4.77. The number of nitrogens with one attached hydrogen (secondary N) is 2. The van der Waals surface area contributed by atoms with Crippen molar-refractivity contribution < 1.29 is 18.1 Å². The molecular weight excluding hydrogens is 356 g/mol. The van der Waals surface area contributed by atoms with Crippen LogP contribution in [0.25, 0.3) is 0 Å². The first-order valence-corrected chi connectivity index (χ1v) is 9.04. The van der Waals surface area contributed by atoms with Gasteiger partial charge in [0.15, 0.2) is 5.13 Å². The van der Waals surface area contributed by atoms with Crippen LogP contribution in [0, 0.1) is 17.0 Å². The Bertz CT molecular complexity index is 846. The van der Waals surface area contributed by atoms with Gasteiger partial charge in [-0.1, -0.05) is 17.7 Å². The van der Waals surface area contributed by atoms with Gasteiger partial charge in [-0.3, -0.25) is 14.9 Å². The van der Waals surface area contributed by atoms with Crippen molar-refractivity contribution in [1.29, 1.82) is 0 Å². The second kappa shape index (κ2) is 7.47. The van der Waals surface area contributed by atoms with Gasteiger partial charge in [0, 0.05) is 13.0 Å². The summed E-state index contributed by atoms with van der Waals surface area (Å²) in [5.41, 5.74) is 0.936. The molecule has 0 saturated carbocycles. The summed E-state index contributed by atoms with van der Waals surface area (Å²) in [5.74, 6) is -0.495. The highest BCUT2D eigenvalue weighted by Gasteiger charge is 2.16. The molecule has 0 aliphatic heterocycles. The first kappa shape index (κ1) is 18.0. The SMILES string of the molecule is Cc1ccc(S(=O)(=O)NCCC(=O)Nc2ncc([N+](=O)[O-])s2)cc1. The lowest BCUT2D eigenvalue weighted by Gasteiger charge is -2.06. The molecule has 0 aliphatic rings. The quantitative estimate of drug-likeness (QED) is 0.563. The maximum atomic E-state index is 12.0. The topological polar surface area (TPSA) is 131 Å². The van der Waals surface area contributed by atoms with Crippen molar-refractivity contribution in [3.63, 3.8) is 0 Å². The first-order valence-electron chi connectivity index (χ1n) is 6.74. The lowest BCUT2D eigenvalue weighted by atomic mass is 10.2. The van der Waals surface area contributed by atoms with E-state index in [2.05, 4.69) is 15.0 Å².